The normalized spacial score (nSPS) is 16.0. The standard InChI is InChI=1S/C15H21ClN4S2/c16-10-8-12(21-9-10)13-14(22-15(17)20-13)19-7-6-18-11-4-2-1-3-5-11/h8-9,11,18-19H,1-7H2,(H2,17,20). The van der Waals surface area contributed by atoms with Gasteiger partial charge in [0.2, 0.25) is 0 Å². The minimum Gasteiger partial charge on any atom is -0.375 e. The quantitative estimate of drug-likeness (QED) is 0.669. The van der Waals surface area contributed by atoms with Gasteiger partial charge < -0.3 is 16.4 Å². The molecule has 1 saturated carbocycles. The summed E-state index contributed by atoms with van der Waals surface area (Å²) in [6, 6.07) is 2.63. The number of anilines is 2. The van der Waals surface area contributed by atoms with Crippen molar-refractivity contribution in [1.29, 1.82) is 0 Å². The molecular weight excluding hydrogens is 336 g/mol. The third-order valence-electron chi connectivity index (χ3n) is 3.89. The van der Waals surface area contributed by atoms with Crippen molar-refractivity contribution in [2.24, 2.45) is 0 Å². The first kappa shape index (κ1) is 16.1. The molecular formula is C15H21ClN4S2. The Morgan fingerprint density at radius 3 is 2.82 bits per heavy atom. The zero-order valence-corrected chi connectivity index (χ0v) is 14.8. The molecule has 0 radical (unpaired) electrons. The first-order valence-corrected chi connectivity index (χ1v) is 9.78. The number of thiophene rings is 1. The van der Waals surface area contributed by atoms with Gasteiger partial charge in [-0.05, 0) is 18.9 Å². The van der Waals surface area contributed by atoms with E-state index in [1.54, 1.807) is 11.3 Å². The molecule has 0 aliphatic heterocycles. The zero-order valence-electron chi connectivity index (χ0n) is 12.4. The average Bonchev–Trinajstić information content (AvgIpc) is 3.10. The van der Waals surface area contributed by atoms with E-state index in [2.05, 4.69) is 15.6 Å². The first-order chi connectivity index (χ1) is 10.7. The highest BCUT2D eigenvalue weighted by atomic mass is 35.5. The monoisotopic (exact) mass is 356 g/mol. The number of thiazole rings is 1. The molecule has 2 aromatic rings. The largest absolute Gasteiger partial charge is 0.375 e. The maximum atomic E-state index is 6.01. The van der Waals surface area contributed by atoms with Crippen molar-refractivity contribution >= 4 is 44.4 Å². The van der Waals surface area contributed by atoms with E-state index in [-0.39, 0.29) is 0 Å². The summed E-state index contributed by atoms with van der Waals surface area (Å²) in [6.45, 7) is 1.84. The molecule has 1 fully saturated rings. The van der Waals surface area contributed by atoms with E-state index >= 15 is 0 Å². The molecule has 0 saturated heterocycles. The number of hydrogen-bond donors (Lipinski definition) is 3. The van der Waals surface area contributed by atoms with Crippen molar-refractivity contribution in [2.75, 3.05) is 24.1 Å². The van der Waals surface area contributed by atoms with Gasteiger partial charge in [0.1, 0.15) is 10.7 Å². The van der Waals surface area contributed by atoms with E-state index in [4.69, 9.17) is 17.3 Å². The molecule has 4 N–H and O–H groups in total. The van der Waals surface area contributed by atoms with E-state index in [0.29, 0.717) is 11.2 Å². The summed E-state index contributed by atoms with van der Waals surface area (Å²) in [4.78, 5) is 5.48. The van der Waals surface area contributed by atoms with Crippen molar-refractivity contribution in [3.63, 3.8) is 0 Å². The maximum Gasteiger partial charge on any atom is 0.182 e. The fraction of sp³-hybridized carbons (Fsp3) is 0.533. The van der Waals surface area contributed by atoms with E-state index < -0.39 is 0 Å². The molecule has 22 heavy (non-hydrogen) atoms. The Labute approximate surface area is 144 Å². The van der Waals surface area contributed by atoms with Crippen molar-refractivity contribution in [2.45, 2.75) is 38.1 Å². The van der Waals surface area contributed by atoms with Crippen LogP contribution in [0.15, 0.2) is 11.4 Å². The fourth-order valence-corrected chi connectivity index (χ4v) is 4.73. The minimum atomic E-state index is 0.585. The van der Waals surface area contributed by atoms with Gasteiger partial charge in [0.05, 0.1) is 9.90 Å². The molecule has 0 atom stereocenters. The Kier molecular flexibility index (Phi) is 5.57. The molecule has 120 valence electrons. The van der Waals surface area contributed by atoms with Crippen molar-refractivity contribution in [1.82, 2.24) is 10.3 Å². The minimum absolute atomic E-state index is 0.585. The number of halogens is 1. The molecule has 2 heterocycles. The molecule has 3 rings (SSSR count). The maximum absolute atomic E-state index is 6.01. The van der Waals surface area contributed by atoms with Crippen LogP contribution in [0.3, 0.4) is 0 Å². The second-order valence-electron chi connectivity index (χ2n) is 5.57. The van der Waals surface area contributed by atoms with Gasteiger partial charge in [-0.25, -0.2) is 4.98 Å². The van der Waals surface area contributed by atoms with Crippen LogP contribution in [0.5, 0.6) is 0 Å². The lowest BCUT2D eigenvalue weighted by Gasteiger charge is -2.22. The molecule has 0 bridgehead atoms. The van der Waals surface area contributed by atoms with Crippen molar-refractivity contribution < 1.29 is 0 Å². The Hall–Kier alpha value is -0.820. The second-order valence-corrected chi connectivity index (χ2v) is 7.95. The summed E-state index contributed by atoms with van der Waals surface area (Å²) in [5, 5.41) is 11.4. The molecule has 0 aromatic carbocycles. The molecule has 4 nitrogen and oxygen atoms in total. The molecule has 1 aliphatic carbocycles. The summed E-state index contributed by atoms with van der Waals surface area (Å²) in [5.74, 6) is 0. The third-order valence-corrected chi connectivity index (χ3v) is 6.02. The first-order valence-electron chi connectivity index (χ1n) is 7.70. The number of aromatic nitrogens is 1. The number of nitrogens with zero attached hydrogens (tertiary/aromatic N) is 1. The molecule has 0 amide bonds. The number of rotatable bonds is 6. The predicted molar refractivity (Wildman–Crippen MR) is 98.2 cm³/mol. The number of hydrogen-bond acceptors (Lipinski definition) is 6. The summed E-state index contributed by atoms with van der Waals surface area (Å²) >= 11 is 9.10. The van der Waals surface area contributed by atoms with E-state index in [9.17, 15) is 0 Å². The fourth-order valence-electron chi connectivity index (χ4n) is 2.82. The lowest BCUT2D eigenvalue weighted by atomic mass is 9.95. The van der Waals surface area contributed by atoms with E-state index in [1.807, 2.05) is 11.4 Å². The molecule has 1 aliphatic rings. The number of nitrogen functional groups attached to an aromatic ring is 1. The topological polar surface area (TPSA) is 63.0 Å². The molecule has 7 heteroatoms. The number of nitrogens with two attached hydrogens (primary N) is 1. The zero-order chi connectivity index (χ0) is 15.4. The molecule has 2 aromatic heterocycles. The molecule has 0 unspecified atom stereocenters. The van der Waals surface area contributed by atoms with Gasteiger partial charge in [0, 0.05) is 24.5 Å². The van der Waals surface area contributed by atoms with Crippen LogP contribution in [0, 0.1) is 0 Å². The van der Waals surface area contributed by atoms with Crippen LogP contribution in [-0.4, -0.2) is 24.1 Å². The van der Waals surface area contributed by atoms with Crippen LogP contribution in [0.25, 0.3) is 10.6 Å². The van der Waals surface area contributed by atoms with E-state index in [0.717, 1.165) is 33.7 Å². The van der Waals surface area contributed by atoms with Crippen molar-refractivity contribution in [3.05, 3.63) is 16.5 Å². The third kappa shape index (κ3) is 4.13. The Bertz CT molecular complexity index is 604. The average molecular weight is 357 g/mol. The van der Waals surface area contributed by atoms with Gasteiger partial charge >= 0.3 is 0 Å². The highest BCUT2D eigenvalue weighted by Crippen LogP contribution is 2.38. The van der Waals surface area contributed by atoms with Gasteiger partial charge in [-0.2, -0.15) is 0 Å². The van der Waals surface area contributed by atoms with Crippen LogP contribution >= 0.6 is 34.3 Å². The summed E-state index contributed by atoms with van der Waals surface area (Å²) in [7, 11) is 0. The van der Waals surface area contributed by atoms with Crippen LogP contribution in [-0.2, 0) is 0 Å². The van der Waals surface area contributed by atoms with Gasteiger partial charge in [-0.3, -0.25) is 0 Å². The Balaban J connectivity index is 1.54. The Morgan fingerprint density at radius 2 is 2.09 bits per heavy atom. The van der Waals surface area contributed by atoms with Crippen LogP contribution in [0.4, 0.5) is 10.1 Å². The highest BCUT2D eigenvalue weighted by molar-refractivity contribution is 7.20. The van der Waals surface area contributed by atoms with Crippen LogP contribution < -0.4 is 16.4 Å². The lowest BCUT2D eigenvalue weighted by Crippen LogP contribution is -2.34. The highest BCUT2D eigenvalue weighted by Gasteiger charge is 2.14. The Morgan fingerprint density at radius 1 is 1.27 bits per heavy atom. The van der Waals surface area contributed by atoms with Crippen LogP contribution in [0.1, 0.15) is 32.1 Å². The summed E-state index contributed by atoms with van der Waals surface area (Å²) in [6.07, 6.45) is 6.74. The number of nitrogens with one attached hydrogen (secondary N) is 2. The van der Waals surface area contributed by atoms with Gasteiger partial charge in [0.25, 0.3) is 0 Å². The lowest BCUT2D eigenvalue weighted by molar-refractivity contribution is 0.378. The second kappa shape index (κ2) is 7.64. The van der Waals surface area contributed by atoms with Crippen LogP contribution in [0.2, 0.25) is 5.02 Å². The van der Waals surface area contributed by atoms with E-state index in [1.165, 1.54) is 43.4 Å². The van der Waals surface area contributed by atoms with Gasteiger partial charge in [-0.1, -0.05) is 42.2 Å². The molecule has 0 spiro atoms. The predicted octanol–water partition coefficient (Wildman–Crippen LogP) is 4.44. The SMILES string of the molecule is Nc1nc(-c2cc(Cl)cs2)c(NCCNC2CCCCC2)s1. The van der Waals surface area contributed by atoms with Gasteiger partial charge in [0.15, 0.2) is 5.13 Å². The summed E-state index contributed by atoms with van der Waals surface area (Å²) in [5.41, 5.74) is 6.78. The van der Waals surface area contributed by atoms with Gasteiger partial charge in [-0.15, -0.1) is 11.3 Å². The smallest absolute Gasteiger partial charge is 0.182 e. The summed E-state index contributed by atoms with van der Waals surface area (Å²) < 4.78 is 0. The van der Waals surface area contributed by atoms with Crippen molar-refractivity contribution in [3.8, 4) is 10.6 Å².